The van der Waals surface area contributed by atoms with E-state index in [0.717, 1.165) is 16.6 Å². The van der Waals surface area contributed by atoms with E-state index in [1.807, 2.05) is 6.07 Å². The van der Waals surface area contributed by atoms with Crippen molar-refractivity contribution in [1.29, 1.82) is 5.26 Å². The minimum atomic E-state index is -5.08. The number of aliphatic carboxylic acids is 1. The fourth-order valence-electron chi connectivity index (χ4n) is 2.70. The highest BCUT2D eigenvalue weighted by Gasteiger charge is 2.38. The summed E-state index contributed by atoms with van der Waals surface area (Å²) in [6.45, 7) is 0. The second-order valence-corrected chi connectivity index (χ2v) is 6.40. The van der Waals surface area contributed by atoms with E-state index < -0.39 is 12.1 Å². The first-order chi connectivity index (χ1) is 15.1. The molecule has 0 bridgehead atoms. The number of hydrogen-bond donors (Lipinski definition) is 3. The van der Waals surface area contributed by atoms with Crippen molar-refractivity contribution in [3.63, 3.8) is 0 Å². The summed E-state index contributed by atoms with van der Waals surface area (Å²) >= 11 is 0. The van der Waals surface area contributed by atoms with Crippen molar-refractivity contribution in [2.24, 2.45) is 0 Å². The number of nitrogens with two attached hydrogens (primary N) is 1. The molecule has 2 aromatic carbocycles. The number of rotatable bonds is 2. The minimum Gasteiger partial charge on any atom is -0.475 e. The van der Waals surface area contributed by atoms with E-state index in [0.29, 0.717) is 28.3 Å². The molecule has 2 heterocycles. The van der Waals surface area contributed by atoms with Crippen molar-refractivity contribution in [1.82, 2.24) is 15.0 Å². The first-order valence-electron chi connectivity index (χ1n) is 8.80. The molecule has 7 nitrogen and oxygen atoms in total. The van der Waals surface area contributed by atoms with Gasteiger partial charge >= 0.3 is 12.1 Å². The Labute approximate surface area is 177 Å². The third kappa shape index (κ3) is 4.99. The third-order valence-electron chi connectivity index (χ3n) is 4.19. The number of halogens is 4. The predicted octanol–water partition coefficient (Wildman–Crippen LogP) is 4.52. The SMILES string of the molecule is N#Cc1ccc2nc(-c3cc(-c4cccc(F)c4)cnc3N)[nH]c2c1.O=C(O)C(F)(F)F. The van der Waals surface area contributed by atoms with Crippen LogP contribution in [0.2, 0.25) is 0 Å². The van der Waals surface area contributed by atoms with Crippen LogP contribution in [0.15, 0.2) is 54.7 Å². The number of pyridine rings is 1. The van der Waals surface area contributed by atoms with Crippen LogP contribution in [0.1, 0.15) is 5.56 Å². The van der Waals surface area contributed by atoms with Crippen molar-refractivity contribution >= 4 is 22.8 Å². The van der Waals surface area contributed by atoms with Gasteiger partial charge in [0.05, 0.1) is 28.2 Å². The standard InChI is InChI=1S/C19H12FN5.C2HF3O2/c20-14-3-1-2-12(7-14)13-8-15(18(22)23-10-13)19-24-16-5-4-11(9-21)6-17(16)25-19;3-2(4,5)1(6)7/h1-8,10H,(H2,22,23)(H,24,25);(H,6,7). The van der Waals surface area contributed by atoms with E-state index in [2.05, 4.69) is 21.0 Å². The highest BCUT2D eigenvalue weighted by molar-refractivity contribution is 5.84. The van der Waals surface area contributed by atoms with Crippen LogP contribution in [0, 0.1) is 17.1 Å². The largest absolute Gasteiger partial charge is 0.490 e. The minimum absolute atomic E-state index is 0.316. The first kappa shape index (κ1) is 22.2. The molecular weight excluding hydrogens is 430 g/mol. The van der Waals surface area contributed by atoms with Crippen molar-refractivity contribution in [3.05, 3.63) is 66.1 Å². The normalized spacial score (nSPS) is 10.8. The lowest BCUT2D eigenvalue weighted by atomic mass is 10.1. The van der Waals surface area contributed by atoms with Crippen LogP contribution < -0.4 is 5.73 Å². The number of imidazole rings is 1. The second kappa shape index (κ2) is 8.73. The van der Waals surface area contributed by atoms with Gasteiger partial charge in [-0.1, -0.05) is 12.1 Å². The number of carboxylic acids is 1. The summed E-state index contributed by atoms with van der Waals surface area (Å²) in [7, 11) is 0. The number of carbonyl (C=O) groups is 1. The maximum Gasteiger partial charge on any atom is 0.490 e. The zero-order valence-corrected chi connectivity index (χ0v) is 16.0. The molecule has 0 aliphatic rings. The Morgan fingerprint density at radius 1 is 1.12 bits per heavy atom. The number of nitriles is 1. The number of nitrogens with zero attached hydrogens (tertiary/aromatic N) is 3. The molecule has 0 unspecified atom stereocenters. The number of H-pyrrole nitrogens is 1. The summed E-state index contributed by atoms with van der Waals surface area (Å²) in [5.74, 6) is -2.20. The number of hydrogen-bond acceptors (Lipinski definition) is 5. The summed E-state index contributed by atoms with van der Waals surface area (Å²) in [6.07, 6.45) is -3.48. The average molecular weight is 443 g/mol. The smallest absolute Gasteiger partial charge is 0.475 e. The van der Waals surface area contributed by atoms with Gasteiger partial charge in [0.15, 0.2) is 0 Å². The summed E-state index contributed by atoms with van der Waals surface area (Å²) in [5, 5.41) is 16.1. The number of alkyl halides is 3. The molecule has 0 spiro atoms. The number of anilines is 1. The van der Waals surface area contributed by atoms with Gasteiger partial charge in [-0.25, -0.2) is 19.2 Å². The van der Waals surface area contributed by atoms with Crippen LogP contribution in [0.25, 0.3) is 33.5 Å². The van der Waals surface area contributed by atoms with Gasteiger partial charge in [-0.15, -0.1) is 0 Å². The second-order valence-electron chi connectivity index (χ2n) is 6.40. The third-order valence-corrected chi connectivity index (χ3v) is 4.19. The molecule has 162 valence electrons. The zero-order valence-electron chi connectivity index (χ0n) is 16.0. The predicted molar refractivity (Wildman–Crippen MR) is 108 cm³/mol. The molecular formula is C21H13F4N5O2. The Bertz CT molecular complexity index is 1340. The van der Waals surface area contributed by atoms with Gasteiger partial charge in [-0.05, 0) is 42.0 Å². The lowest BCUT2D eigenvalue weighted by Crippen LogP contribution is -2.21. The van der Waals surface area contributed by atoms with Gasteiger partial charge in [-0.2, -0.15) is 18.4 Å². The van der Waals surface area contributed by atoms with Gasteiger partial charge < -0.3 is 15.8 Å². The maximum absolute atomic E-state index is 13.5. The highest BCUT2D eigenvalue weighted by atomic mass is 19.4. The summed E-state index contributed by atoms with van der Waals surface area (Å²) < 4.78 is 45.2. The van der Waals surface area contributed by atoms with Crippen LogP contribution >= 0.6 is 0 Å². The van der Waals surface area contributed by atoms with E-state index in [1.165, 1.54) is 12.1 Å². The average Bonchev–Trinajstić information content (AvgIpc) is 3.16. The Kier molecular flexibility index (Phi) is 6.06. The molecule has 4 N–H and O–H groups in total. The van der Waals surface area contributed by atoms with Gasteiger partial charge in [-0.3, -0.25) is 0 Å². The number of aromatic nitrogens is 3. The summed E-state index contributed by atoms with van der Waals surface area (Å²) in [6, 6.07) is 15.4. The molecule has 32 heavy (non-hydrogen) atoms. The van der Waals surface area contributed by atoms with Gasteiger partial charge in [0.25, 0.3) is 0 Å². The van der Waals surface area contributed by atoms with Crippen LogP contribution in [0.5, 0.6) is 0 Å². The molecule has 4 aromatic rings. The number of benzene rings is 2. The van der Waals surface area contributed by atoms with E-state index in [1.54, 1.807) is 36.5 Å². The number of aromatic amines is 1. The Morgan fingerprint density at radius 2 is 1.84 bits per heavy atom. The topological polar surface area (TPSA) is 129 Å². The van der Waals surface area contributed by atoms with E-state index in [9.17, 15) is 17.6 Å². The number of fused-ring (bicyclic) bond motifs is 1. The number of carboxylic acid groups (broad SMARTS) is 1. The fourth-order valence-corrected chi connectivity index (χ4v) is 2.70. The molecule has 2 aromatic heterocycles. The van der Waals surface area contributed by atoms with Crippen LogP contribution in [0.3, 0.4) is 0 Å². The van der Waals surface area contributed by atoms with Gasteiger partial charge in [0.2, 0.25) is 0 Å². The van der Waals surface area contributed by atoms with Gasteiger partial charge in [0.1, 0.15) is 17.5 Å². The van der Waals surface area contributed by atoms with E-state index >= 15 is 0 Å². The van der Waals surface area contributed by atoms with Crippen LogP contribution in [0.4, 0.5) is 23.4 Å². The van der Waals surface area contributed by atoms with Crippen molar-refractivity contribution < 1.29 is 27.5 Å². The van der Waals surface area contributed by atoms with Crippen molar-refractivity contribution in [2.45, 2.75) is 6.18 Å². The summed E-state index contributed by atoms with van der Waals surface area (Å²) in [5.41, 5.74) is 10.1. The molecule has 0 atom stereocenters. The van der Waals surface area contributed by atoms with Crippen LogP contribution in [-0.2, 0) is 4.79 Å². The molecule has 0 saturated heterocycles. The number of nitrogen functional groups attached to an aromatic ring is 1. The Morgan fingerprint density at radius 3 is 2.47 bits per heavy atom. The van der Waals surface area contributed by atoms with E-state index in [-0.39, 0.29) is 5.82 Å². The lowest BCUT2D eigenvalue weighted by molar-refractivity contribution is -0.192. The summed E-state index contributed by atoms with van der Waals surface area (Å²) in [4.78, 5) is 20.8. The molecule has 0 aliphatic carbocycles. The molecule has 0 radical (unpaired) electrons. The van der Waals surface area contributed by atoms with Gasteiger partial charge in [0, 0.05) is 11.8 Å². The maximum atomic E-state index is 13.5. The molecule has 11 heteroatoms. The highest BCUT2D eigenvalue weighted by Crippen LogP contribution is 2.29. The Balaban J connectivity index is 0.000000360. The zero-order chi connectivity index (χ0) is 23.5. The monoisotopic (exact) mass is 443 g/mol. The molecule has 0 aliphatic heterocycles. The lowest BCUT2D eigenvalue weighted by Gasteiger charge is -2.06. The quantitative estimate of drug-likeness (QED) is 0.391. The first-order valence-corrected chi connectivity index (χ1v) is 8.80. The molecule has 0 amide bonds. The number of nitrogens with one attached hydrogen (secondary N) is 1. The Hall–Kier alpha value is -4.46. The fraction of sp³-hybridized carbons (Fsp3) is 0.0476. The van der Waals surface area contributed by atoms with Crippen molar-refractivity contribution in [3.8, 4) is 28.6 Å². The van der Waals surface area contributed by atoms with Crippen LogP contribution in [-0.4, -0.2) is 32.2 Å². The molecule has 0 fully saturated rings. The van der Waals surface area contributed by atoms with Crippen molar-refractivity contribution in [2.75, 3.05) is 5.73 Å². The molecule has 4 rings (SSSR count). The molecule has 0 saturated carbocycles. The van der Waals surface area contributed by atoms with E-state index in [4.69, 9.17) is 20.9 Å².